The van der Waals surface area contributed by atoms with Gasteiger partial charge in [0.05, 0.1) is 27.6 Å². The molecule has 0 radical (unpaired) electrons. The number of para-hydroxylation sites is 2. The van der Waals surface area contributed by atoms with Crippen molar-refractivity contribution < 1.29 is 0 Å². The van der Waals surface area contributed by atoms with Gasteiger partial charge < -0.3 is 10.6 Å². The molecule has 1 aliphatic heterocycles. The van der Waals surface area contributed by atoms with Gasteiger partial charge in [0.15, 0.2) is 0 Å². The highest BCUT2D eigenvalue weighted by Crippen LogP contribution is 2.38. The van der Waals surface area contributed by atoms with Crippen LogP contribution in [0.1, 0.15) is 24.8 Å². The Labute approximate surface area is 129 Å². The lowest BCUT2D eigenvalue weighted by molar-refractivity contribution is 0.598. The number of fused-ring (bicyclic) bond motifs is 1. The largest absolute Gasteiger partial charge is 0.364 e. The van der Waals surface area contributed by atoms with Crippen LogP contribution in [0, 0.1) is 0 Å². The summed E-state index contributed by atoms with van der Waals surface area (Å²) in [5.41, 5.74) is 3.24. The van der Waals surface area contributed by atoms with Gasteiger partial charge in [-0.3, -0.25) is 0 Å². The standard InChI is InChI=1S/C16H16Cl2N2/c1-10-9-15(19-14-8-3-2-6-12(14)17)20-16-11(10)5-4-7-13(16)18/h2-8,10,15,19-20H,9H2,1H3/t10?,15-/m0/s1. The Morgan fingerprint density at radius 1 is 1.05 bits per heavy atom. The summed E-state index contributed by atoms with van der Waals surface area (Å²) in [5, 5.41) is 8.41. The highest BCUT2D eigenvalue weighted by atomic mass is 35.5. The molecule has 0 aliphatic carbocycles. The first kappa shape index (κ1) is 13.6. The molecule has 0 spiro atoms. The van der Waals surface area contributed by atoms with Gasteiger partial charge in [-0.15, -0.1) is 0 Å². The van der Waals surface area contributed by atoms with Crippen LogP contribution < -0.4 is 10.6 Å². The molecule has 1 heterocycles. The fraction of sp³-hybridized carbons (Fsp3) is 0.250. The summed E-state index contributed by atoms with van der Waals surface area (Å²) in [6.07, 6.45) is 1.11. The van der Waals surface area contributed by atoms with E-state index in [1.807, 2.05) is 36.4 Å². The Kier molecular flexibility index (Phi) is 3.77. The third-order valence-electron chi connectivity index (χ3n) is 3.69. The van der Waals surface area contributed by atoms with Crippen LogP contribution in [-0.2, 0) is 0 Å². The Hall–Kier alpha value is -1.38. The third kappa shape index (κ3) is 2.58. The van der Waals surface area contributed by atoms with Gasteiger partial charge in [-0.1, -0.05) is 54.4 Å². The average Bonchev–Trinajstić information content (AvgIpc) is 2.43. The molecule has 0 aromatic heterocycles. The van der Waals surface area contributed by atoms with E-state index in [1.54, 1.807) is 0 Å². The molecule has 2 N–H and O–H groups in total. The van der Waals surface area contributed by atoms with Crippen molar-refractivity contribution >= 4 is 34.6 Å². The first-order valence-electron chi connectivity index (χ1n) is 6.71. The second-order valence-corrected chi connectivity index (χ2v) is 5.98. The van der Waals surface area contributed by atoms with E-state index in [9.17, 15) is 0 Å². The van der Waals surface area contributed by atoms with Gasteiger partial charge >= 0.3 is 0 Å². The number of halogens is 2. The van der Waals surface area contributed by atoms with E-state index in [4.69, 9.17) is 23.2 Å². The van der Waals surface area contributed by atoms with E-state index in [1.165, 1.54) is 5.56 Å². The fourth-order valence-corrected chi connectivity index (χ4v) is 3.11. The Bertz CT molecular complexity index is 628. The van der Waals surface area contributed by atoms with E-state index < -0.39 is 0 Å². The summed E-state index contributed by atoms with van der Waals surface area (Å²) in [6, 6.07) is 13.8. The monoisotopic (exact) mass is 306 g/mol. The number of benzene rings is 2. The van der Waals surface area contributed by atoms with Crippen LogP contribution in [0.15, 0.2) is 42.5 Å². The summed E-state index contributed by atoms with van der Waals surface area (Å²) in [5.74, 6) is 0.449. The number of hydrogen-bond acceptors (Lipinski definition) is 2. The third-order valence-corrected chi connectivity index (χ3v) is 4.33. The van der Waals surface area contributed by atoms with Crippen molar-refractivity contribution in [1.29, 1.82) is 0 Å². The fourth-order valence-electron chi connectivity index (χ4n) is 2.68. The summed E-state index contributed by atoms with van der Waals surface area (Å²) >= 11 is 12.5. The molecule has 1 unspecified atom stereocenters. The molecule has 4 heteroatoms. The minimum absolute atomic E-state index is 0.122. The average molecular weight is 307 g/mol. The van der Waals surface area contributed by atoms with E-state index in [0.717, 1.165) is 27.8 Å². The van der Waals surface area contributed by atoms with E-state index in [2.05, 4.69) is 23.6 Å². The summed E-state index contributed by atoms with van der Waals surface area (Å²) in [7, 11) is 0. The first-order chi connectivity index (χ1) is 9.65. The maximum atomic E-state index is 6.29. The Balaban J connectivity index is 1.85. The molecule has 2 aromatic carbocycles. The molecule has 2 nitrogen and oxygen atoms in total. The van der Waals surface area contributed by atoms with E-state index in [0.29, 0.717) is 5.92 Å². The zero-order valence-corrected chi connectivity index (χ0v) is 12.7. The van der Waals surface area contributed by atoms with Gasteiger partial charge in [-0.25, -0.2) is 0 Å². The van der Waals surface area contributed by atoms with Crippen molar-refractivity contribution in [2.24, 2.45) is 0 Å². The topological polar surface area (TPSA) is 24.1 Å². The lowest BCUT2D eigenvalue weighted by Crippen LogP contribution is -2.34. The van der Waals surface area contributed by atoms with Gasteiger partial charge in [-0.2, -0.15) is 0 Å². The van der Waals surface area contributed by atoms with Crippen LogP contribution in [0.3, 0.4) is 0 Å². The van der Waals surface area contributed by atoms with Crippen LogP contribution in [0.25, 0.3) is 0 Å². The molecule has 0 saturated carbocycles. The van der Waals surface area contributed by atoms with Crippen molar-refractivity contribution in [1.82, 2.24) is 0 Å². The zero-order valence-electron chi connectivity index (χ0n) is 11.2. The van der Waals surface area contributed by atoms with Gasteiger partial charge in [0, 0.05) is 0 Å². The number of nitrogens with one attached hydrogen (secondary N) is 2. The SMILES string of the molecule is CC1C[C@@H](Nc2ccccc2Cl)Nc2c(Cl)cccc21. The Morgan fingerprint density at radius 3 is 2.60 bits per heavy atom. The van der Waals surface area contributed by atoms with Crippen LogP contribution in [-0.4, -0.2) is 6.17 Å². The molecule has 2 aromatic rings. The second-order valence-electron chi connectivity index (χ2n) is 5.16. The first-order valence-corrected chi connectivity index (χ1v) is 7.47. The molecule has 20 heavy (non-hydrogen) atoms. The lowest BCUT2D eigenvalue weighted by Gasteiger charge is -2.33. The molecular formula is C16H16Cl2N2. The van der Waals surface area contributed by atoms with Crippen molar-refractivity contribution in [2.75, 3.05) is 10.6 Å². The van der Waals surface area contributed by atoms with Crippen LogP contribution >= 0.6 is 23.2 Å². The van der Waals surface area contributed by atoms with Crippen LogP contribution in [0.2, 0.25) is 10.0 Å². The van der Waals surface area contributed by atoms with Gasteiger partial charge in [0.2, 0.25) is 0 Å². The summed E-state index contributed by atoms with van der Waals surface area (Å²) < 4.78 is 0. The molecule has 0 amide bonds. The quantitative estimate of drug-likeness (QED) is 0.781. The Morgan fingerprint density at radius 2 is 1.80 bits per heavy atom. The van der Waals surface area contributed by atoms with Gasteiger partial charge in [0.1, 0.15) is 0 Å². The van der Waals surface area contributed by atoms with E-state index in [-0.39, 0.29) is 6.17 Å². The normalized spacial score (nSPS) is 20.9. The predicted molar refractivity (Wildman–Crippen MR) is 87.0 cm³/mol. The van der Waals surface area contributed by atoms with Gasteiger partial charge in [0.25, 0.3) is 0 Å². The minimum atomic E-state index is 0.122. The molecule has 0 saturated heterocycles. The molecular weight excluding hydrogens is 291 g/mol. The van der Waals surface area contributed by atoms with Crippen molar-refractivity contribution in [3.8, 4) is 0 Å². The highest BCUT2D eigenvalue weighted by molar-refractivity contribution is 6.33. The van der Waals surface area contributed by atoms with Crippen LogP contribution in [0.4, 0.5) is 11.4 Å². The molecule has 1 aliphatic rings. The number of hydrogen-bond donors (Lipinski definition) is 2. The van der Waals surface area contributed by atoms with Gasteiger partial charge in [-0.05, 0) is 36.1 Å². The molecule has 104 valence electrons. The lowest BCUT2D eigenvalue weighted by atomic mass is 9.91. The molecule has 0 bridgehead atoms. The minimum Gasteiger partial charge on any atom is -0.364 e. The van der Waals surface area contributed by atoms with Crippen molar-refractivity contribution in [2.45, 2.75) is 25.4 Å². The smallest absolute Gasteiger partial charge is 0.0970 e. The second kappa shape index (κ2) is 5.55. The maximum absolute atomic E-state index is 6.29. The molecule has 2 atom stereocenters. The molecule has 3 rings (SSSR count). The van der Waals surface area contributed by atoms with Crippen molar-refractivity contribution in [3.05, 3.63) is 58.1 Å². The molecule has 0 fully saturated rings. The maximum Gasteiger partial charge on any atom is 0.0970 e. The van der Waals surface area contributed by atoms with Crippen molar-refractivity contribution in [3.63, 3.8) is 0 Å². The van der Waals surface area contributed by atoms with Crippen LogP contribution in [0.5, 0.6) is 0 Å². The summed E-state index contributed by atoms with van der Waals surface area (Å²) in [4.78, 5) is 0. The zero-order chi connectivity index (χ0) is 14.1. The summed E-state index contributed by atoms with van der Waals surface area (Å²) in [6.45, 7) is 2.22. The van der Waals surface area contributed by atoms with E-state index >= 15 is 0 Å². The highest BCUT2D eigenvalue weighted by Gasteiger charge is 2.25. The number of anilines is 2. The predicted octanol–water partition coefficient (Wildman–Crippen LogP) is 5.35. The number of rotatable bonds is 2.